The first kappa shape index (κ1) is 15.0. The third kappa shape index (κ3) is 2.92. The van der Waals surface area contributed by atoms with Crippen LogP contribution < -0.4 is 10.2 Å². The van der Waals surface area contributed by atoms with Gasteiger partial charge in [0.05, 0.1) is 37.3 Å². The predicted molar refractivity (Wildman–Crippen MR) is 94.5 cm³/mol. The molecule has 1 aliphatic rings. The first-order valence-corrected chi connectivity index (χ1v) is 8.25. The van der Waals surface area contributed by atoms with Crippen LogP contribution in [-0.2, 0) is 11.3 Å². The van der Waals surface area contributed by atoms with E-state index in [1.165, 1.54) is 5.56 Å². The maximum absolute atomic E-state index is 5.44. The molecule has 0 amide bonds. The minimum Gasteiger partial charge on any atom is -0.378 e. The molecule has 1 N–H and O–H groups in total. The lowest BCUT2D eigenvalue weighted by atomic mass is 10.3. The number of anilines is 2. The Balaban J connectivity index is 1.56. The Kier molecular flexibility index (Phi) is 4.04. The largest absolute Gasteiger partial charge is 0.378 e. The van der Waals surface area contributed by atoms with Gasteiger partial charge in [-0.15, -0.1) is 0 Å². The molecular weight excluding hydrogens is 302 g/mol. The number of aromatic nitrogens is 3. The van der Waals surface area contributed by atoms with E-state index in [2.05, 4.69) is 49.8 Å². The number of nitrogens with one attached hydrogen (secondary N) is 1. The number of aryl methyl sites for hydroxylation is 1. The van der Waals surface area contributed by atoms with Gasteiger partial charge in [0.2, 0.25) is 0 Å². The molecule has 6 nitrogen and oxygen atoms in total. The summed E-state index contributed by atoms with van der Waals surface area (Å²) in [5.74, 6) is 0.991. The summed E-state index contributed by atoms with van der Waals surface area (Å²) >= 11 is 0. The summed E-state index contributed by atoms with van der Waals surface area (Å²) in [6.45, 7) is 6.05. The lowest BCUT2D eigenvalue weighted by Gasteiger charge is -2.29. The van der Waals surface area contributed by atoms with Gasteiger partial charge in [-0.1, -0.05) is 6.07 Å². The SMILES string of the molecule is Cc1ccc2ncc(CNc3cccnc3N3CCOCC3)n2c1. The van der Waals surface area contributed by atoms with Crippen LogP contribution in [0.2, 0.25) is 0 Å². The molecule has 4 rings (SSSR count). The highest BCUT2D eigenvalue weighted by Gasteiger charge is 2.16. The van der Waals surface area contributed by atoms with E-state index in [0.717, 1.165) is 49.1 Å². The van der Waals surface area contributed by atoms with Crippen molar-refractivity contribution in [2.24, 2.45) is 0 Å². The van der Waals surface area contributed by atoms with Crippen molar-refractivity contribution in [2.75, 3.05) is 36.5 Å². The van der Waals surface area contributed by atoms with Gasteiger partial charge in [0.25, 0.3) is 0 Å². The number of nitrogens with zero attached hydrogens (tertiary/aromatic N) is 4. The highest BCUT2D eigenvalue weighted by Crippen LogP contribution is 2.24. The third-order valence-electron chi connectivity index (χ3n) is 4.29. The van der Waals surface area contributed by atoms with Crippen LogP contribution in [0.15, 0.2) is 42.9 Å². The van der Waals surface area contributed by atoms with Gasteiger partial charge in [-0.05, 0) is 30.7 Å². The van der Waals surface area contributed by atoms with Gasteiger partial charge in [0, 0.05) is 25.5 Å². The first-order valence-electron chi connectivity index (χ1n) is 8.25. The third-order valence-corrected chi connectivity index (χ3v) is 4.29. The monoisotopic (exact) mass is 323 g/mol. The minimum atomic E-state index is 0.702. The molecule has 0 saturated carbocycles. The maximum atomic E-state index is 5.44. The predicted octanol–water partition coefficient (Wildman–Crippen LogP) is 2.49. The van der Waals surface area contributed by atoms with Crippen molar-refractivity contribution in [2.45, 2.75) is 13.5 Å². The normalized spacial score (nSPS) is 15.0. The summed E-state index contributed by atoms with van der Waals surface area (Å²) in [5.41, 5.74) is 4.36. The topological polar surface area (TPSA) is 54.7 Å². The summed E-state index contributed by atoms with van der Waals surface area (Å²) in [7, 11) is 0. The molecule has 0 atom stereocenters. The lowest BCUT2D eigenvalue weighted by Crippen LogP contribution is -2.37. The van der Waals surface area contributed by atoms with Gasteiger partial charge in [-0.25, -0.2) is 9.97 Å². The fourth-order valence-corrected chi connectivity index (χ4v) is 3.02. The van der Waals surface area contributed by atoms with Crippen LogP contribution in [0.1, 0.15) is 11.3 Å². The molecule has 1 fully saturated rings. The van der Waals surface area contributed by atoms with Gasteiger partial charge in [-0.2, -0.15) is 0 Å². The Labute approximate surface area is 141 Å². The summed E-state index contributed by atoms with van der Waals surface area (Å²) < 4.78 is 7.57. The summed E-state index contributed by atoms with van der Waals surface area (Å²) in [4.78, 5) is 11.3. The minimum absolute atomic E-state index is 0.702. The van der Waals surface area contributed by atoms with Crippen LogP contribution in [0.25, 0.3) is 5.65 Å². The van der Waals surface area contributed by atoms with Crippen LogP contribution in [0.4, 0.5) is 11.5 Å². The maximum Gasteiger partial charge on any atom is 0.152 e. The second-order valence-electron chi connectivity index (χ2n) is 6.01. The van der Waals surface area contributed by atoms with Crippen molar-refractivity contribution in [1.82, 2.24) is 14.4 Å². The van der Waals surface area contributed by atoms with E-state index in [1.807, 2.05) is 24.5 Å². The fourth-order valence-electron chi connectivity index (χ4n) is 3.02. The zero-order valence-corrected chi connectivity index (χ0v) is 13.8. The van der Waals surface area contributed by atoms with Gasteiger partial charge in [0.15, 0.2) is 5.82 Å². The highest BCUT2D eigenvalue weighted by molar-refractivity contribution is 5.65. The van der Waals surface area contributed by atoms with Crippen molar-refractivity contribution in [3.05, 3.63) is 54.1 Å². The second-order valence-corrected chi connectivity index (χ2v) is 6.01. The number of rotatable bonds is 4. The smallest absolute Gasteiger partial charge is 0.152 e. The van der Waals surface area contributed by atoms with E-state index < -0.39 is 0 Å². The molecule has 24 heavy (non-hydrogen) atoms. The molecular formula is C18H21N5O. The van der Waals surface area contributed by atoms with Gasteiger partial charge >= 0.3 is 0 Å². The van der Waals surface area contributed by atoms with Gasteiger partial charge < -0.3 is 19.4 Å². The van der Waals surface area contributed by atoms with E-state index in [0.29, 0.717) is 6.54 Å². The molecule has 0 aromatic carbocycles. The van der Waals surface area contributed by atoms with Gasteiger partial charge in [0.1, 0.15) is 5.65 Å². The van der Waals surface area contributed by atoms with Gasteiger partial charge in [-0.3, -0.25) is 0 Å². The Bertz CT molecular complexity index is 838. The number of ether oxygens (including phenoxy) is 1. The van der Waals surface area contributed by atoms with Crippen LogP contribution in [0.3, 0.4) is 0 Å². The van der Waals surface area contributed by atoms with Crippen LogP contribution >= 0.6 is 0 Å². The van der Waals surface area contributed by atoms with E-state index in [1.54, 1.807) is 0 Å². The summed E-state index contributed by atoms with van der Waals surface area (Å²) in [6, 6.07) is 8.16. The Morgan fingerprint density at radius 1 is 1.17 bits per heavy atom. The quantitative estimate of drug-likeness (QED) is 0.799. The molecule has 124 valence electrons. The molecule has 3 aromatic heterocycles. The standard InChI is InChI=1S/C18H21N5O/c1-14-4-5-17-21-12-15(23(17)13-14)11-20-16-3-2-6-19-18(16)22-7-9-24-10-8-22/h2-6,12-13,20H,7-11H2,1H3. The molecule has 0 spiro atoms. The Morgan fingerprint density at radius 3 is 2.92 bits per heavy atom. The molecule has 3 aromatic rings. The van der Waals surface area contributed by atoms with E-state index in [9.17, 15) is 0 Å². The Morgan fingerprint density at radius 2 is 2.04 bits per heavy atom. The van der Waals surface area contributed by atoms with Crippen molar-refractivity contribution < 1.29 is 4.74 Å². The zero-order chi connectivity index (χ0) is 16.4. The molecule has 1 saturated heterocycles. The molecule has 0 aliphatic carbocycles. The summed E-state index contributed by atoms with van der Waals surface area (Å²) in [5, 5.41) is 3.52. The lowest BCUT2D eigenvalue weighted by molar-refractivity contribution is 0.122. The van der Waals surface area contributed by atoms with E-state index in [4.69, 9.17) is 4.74 Å². The number of hydrogen-bond donors (Lipinski definition) is 1. The average Bonchev–Trinajstić information content (AvgIpc) is 3.03. The Hall–Kier alpha value is -2.60. The van der Waals surface area contributed by atoms with Crippen molar-refractivity contribution in [3.8, 4) is 0 Å². The molecule has 1 aliphatic heterocycles. The molecule has 0 unspecified atom stereocenters. The summed E-state index contributed by atoms with van der Waals surface area (Å²) in [6.07, 6.45) is 5.88. The molecule has 0 radical (unpaired) electrons. The number of morpholine rings is 1. The fraction of sp³-hybridized carbons (Fsp3) is 0.333. The number of fused-ring (bicyclic) bond motifs is 1. The van der Waals surface area contributed by atoms with E-state index >= 15 is 0 Å². The van der Waals surface area contributed by atoms with E-state index in [-0.39, 0.29) is 0 Å². The molecule has 0 bridgehead atoms. The molecule has 4 heterocycles. The van der Waals surface area contributed by atoms with Crippen molar-refractivity contribution in [3.63, 3.8) is 0 Å². The van der Waals surface area contributed by atoms with Crippen molar-refractivity contribution >= 4 is 17.2 Å². The van der Waals surface area contributed by atoms with Crippen LogP contribution in [0.5, 0.6) is 0 Å². The number of imidazole rings is 1. The van der Waals surface area contributed by atoms with Crippen LogP contribution in [0, 0.1) is 6.92 Å². The first-order chi connectivity index (χ1) is 11.8. The van der Waals surface area contributed by atoms with Crippen molar-refractivity contribution in [1.29, 1.82) is 0 Å². The number of hydrogen-bond acceptors (Lipinski definition) is 5. The second kappa shape index (κ2) is 6.49. The zero-order valence-electron chi connectivity index (χ0n) is 13.8. The highest BCUT2D eigenvalue weighted by atomic mass is 16.5. The molecule has 6 heteroatoms. The average molecular weight is 323 g/mol. The number of pyridine rings is 2. The van der Waals surface area contributed by atoms with Crippen LogP contribution in [-0.4, -0.2) is 40.7 Å².